The predicted molar refractivity (Wildman–Crippen MR) is 150 cm³/mol. The Hall–Kier alpha value is -3.43. The van der Waals surface area contributed by atoms with E-state index in [4.69, 9.17) is 30.5 Å². The molecule has 1 aliphatic heterocycles. The average Bonchev–Trinajstić information content (AvgIpc) is 3.50. The van der Waals surface area contributed by atoms with E-state index in [0.717, 1.165) is 30.8 Å². The van der Waals surface area contributed by atoms with Crippen molar-refractivity contribution in [2.24, 2.45) is 0 Å². The molecular weight excluding hydrogens is 518 g/mol. The van der Waals surface area contributed by atoms with E-state index in [0.29, 0.717) is 12.1 Å². The third kappa shape index (κ3) is 6.09. The van der Waals surface area contributed by atoms with Gasteiger partial charge in [-0.3, -0.25) is 9.36 Å². The van der Waals surface area contributed by atoms with Crippen LogP contribution in [0.5, 0.6) is 11.5 Å². The highest BCUT2D eigenvalue weighted by molar-refractivity contribution is 6.37. The SMILES string of the molecule is COC(Oc1cc2ncn(CCN3CCCC3)c(=O)c2c(Cl)c1OC(OC)c1ccccc1)c1ccccc1. The summed E-state index contributed by atoms with van der Waals surface area (Å²) in [5, 5.41) is 0.371. The molecule has 0 amide bonds. The molecule has 0 bridgehead atoms. The van der Waals surface area contributed by atoms with Crippen LogP contribution in [0.2, 0.25) is 5.02 Å². The lowest BCUT2D eigenvalue weighted by Crippen LogP contribution is -2.29. The van der Waals surface area contributed by atoms with Crippen molar-refractivity contribution in [2.75, 3.05) is 33.9 Å². The van der Waals surface area contributed by atoms with Gasteiger partial charge in [-0.05, 0) is 25.9 Å². The molecule has 0 saturated carbocycles. The third-order valence-corrected chi connectivity index (χ3v) is 7.22. The van der Waals surface area contributed by atoms with Gasteiger partial charge in [0.1, 0.15) is 5.02 Å². The molecule has 8 nitrogen and oxygen atoms in total. The van der Waals surface area contributed by atoms with E-state index in [2.05, 4.69) is 9.88 Å². The van der Waals surface area contributed by atoms with Gasteiger partial charge < -0.3 is 23.8 Å². The molecule has 1 fully saturated rings. The minimum absolute atomic E-state index is 0.108. The van der Waals surface area contributed by atoms with Gasteiger partial charge in [-0.1, -0.05) is 72.3 Å². The Morgan fingerprint density at radius 1 is 0.872 bits per heavy atom. The molecule has 1 aromatic heterocycles. The van der Waals surface area contributed by atoms with Crippen LogP contribution >= 0.6 is 11.6 Å². The Balaban J connectivity index is 1.57. The topological polar surface area (TPSA) is 75.1 Å². The number of methoxy groups -OCH3 is 2. The highest BCUT2D eigenvalue weighted by Crippen LogP contribution is 2.43. The fraction of sp³-hybridized carbons (Fsp3) is 0.333. The molecule has 2 heterocycles. The number of hydrogen-bond donors (Lipinski definition) is 0. The summed E-state index contributed by atoms with van der Waals surface area (Å²) >= 11 is 6.95. The van der Waals surface area contributed by atoms with Crippen molar-refractivity contribution in [1.82, 2.24) is 14.5 Å². The zero-order valence-corrected chi connectivity index (χ0v) is 22.8. The summed E-state index contributed by atoms with van der Waals surface area (Å²) in [4.78, 5) is 20.5. The molecule has 0 N–H and O–H groups in total. The van der Waals surface area contributed by atoms with Gasteiger partial charge in [0.2, 0.25) is 12.6 Å². The molecule has 9 heteroatoms. The lowest BCUT2D eigenvalue weighted by atomic mass is 10.2. The molecule has 1 aliphatic rings. The first-order valence-corrected chi connectivity index (χ1v) is 13.4. The Bertz CT molecular complexity index is 1440. The molecule has 2 unspecified atom stereocenters. The minimum atomic E-state index is -0.796. The van der Waals surface area contributed by atoms with E-state index >= 15 is 0 Å². The van der Waals surface area contributed by atoms with Crippen molar-refractivity contribution in [1.29, 1.82) is 0 Å². The highest BCUT2D eigenvalue weighted by Gasteiger charge is 2.25. The first-order chi connectivity index (χ1) is 19.1. The van der Waals surface area contributed by atoms with Crippen molar-refractivity contribution in [3.05, 3.63) is 99.6 Å². The first kappa shape index (κ1) is 27.1. The largest absolute Gasteiger partial charge is 0.457 e. The summed E-state index contributed by atoms with van der Waals surface area (Å²) in [5.74, 6) is 0.456. The Morgan fingerprint density at radius 2 is 1.46 bits per heavy atom. The number of ether oxygens (including phenoxy) is 4. The van der Waals surface area contributed by atoms with Gasteiger partial charge in [0.25, 0.3) is 5.56 Å². The minimum Gasteiger partial charge on any atom is -0.457 e. The number of fused-ring (bicyclic) bond motifs is 1. The fourth-order valence-electron chi connectivity index (χ4n) is 4.79. The standard InChI is InChI=1S/C30H32ClN3O5/c1-36-29(21-11-5-3-6-12-21)38-24-19-23-25(28(35)34(20-32-23)18-17-33-15-9-10-16-33)26(31)27(24)39-30(37-2)22-13-7-4-8-14-22/h3-8,11-14,19-20,29-30H,9-10,15-18H2,1-2H3. The van der Waals surface area contributed by atoms with Crippen molar-refractivity contribution in [3.8, 4) is 11.5 Å². The second-order valence-electron chi connectivity index (χ2n) is 9.40. The van der Waals surface area contributed by atoms with Gasteiger partial charge in [0, 0.05) is 44.5 Å². The molecule has 0 radical (unpaired) electrons. The van der Waals surface area contributed by atoms with E-state index in [1.54, 1.807) is 31.2 Å². The molecule has 5 rings (SSSR count). The Labute approximate surface area is 232 Å². The molecular formula is C30H32ClN3O5. The van der Waals surface area contributed by atoms with Crippen LogP contribution in [0.4, 0.5) is 0 Å². The Kier molecular flexibility index (Phi) is 8.78. The molecule has 3 aromatic carbocycles. The summed E-state index contributed by atoms with van der Waals surface area (Å²) in [6.45, 7) is 3.41. The fourth-order valence-corrected chi connectivity index (χ4v) is 5.10. The van der Waals surface area contributed by atoms with Crippen molar-refractivity contribution in [3.63, 3.8) is 0 Å². The van der Waals surface area contributed by atoms with E-state index in [-0.39, 0.29) is 27.5 Å². The normalized spacial score (nSPS) is 15.4. The van der Waals surface area contributed by atoms with Crippen LogP contribution in [0.1, 0.15) is 36.5 Å². The number of hydrogen-bond acceptors (Lipinski definition) is 7. The third-order valence-electron chi connectivity index (χ3n) is 6.86. The lowest BCUT2D eigenvalue weighted by molar-refractivity contribution is -0.0728. The molecule has 204 valence electrons. The van der Waals surface area contributed by atoms with Gasteiger partial charge in [0.15, 0.2) is 11.5 Å². The van der Waals surface area contributed by atoms with Crippen LogP contribution in [0, 0.1) is 0 Å². The molecule has 0 aliphatic carbocycles. The number of rotatable bonds is 11. The number of aromatic nitrogens is 2. The first-order valence-electron chi connectivity index (χ1n) is 13.0. The van der Waals surface area contributed by atoms with E-state index < -0.39 is 12.6 Å². The summed E-state index contributed by atoms with van der Waals surface area (Å²) in [6.07, 6.45) is 2.39. The van der Waals surface area contributed by atoms with Crippen LogP contribution in [0.25, 0.3) is 10.9 Å². The lowest BCUT2D eigenvalue weighted by Gasteiger charge is -2.24. The maximum atomic E-state index is 13.6. The number of likely N-dealkylation sites (tertiary alicyclic amines) is 1. The van der Waals surface area contributed by atoms with Gasteiger partial charge in [0.05, 0.1) is 17.2 Å². The molecule has 4 aromatic rings. The smallest absolute Gasteiger partial charge is 0.262 e. The van der Waals surface area contributed by atoms with Crippen molar-refractivity contribution >= 4 is 22.5 Å². The van der Waals surface area contributed by atoms with Gasteiger partial charge in [-0.2, -0.15) is 0 Å². The second-order valence-corrected chi connectivity index (χ2v) is 9.77. The van der Waals surface area contributed by atoms with Crippen molar-refractivity contribution in [2.45, 2.75) is 32.0 Å². The quantitative estimate of drug-likeness (QED) is 0.226. The van der Waals surface area contributed by atoms with Crippen LogP contribution < -0.4 is 15.0 Å². The Morgan fingerprint density at radius 3 is 2.05 bits per heavy atom. The maximum absolute atomic E-state index is 13.6. The van der Waals surface area contributed by atoms with E-state index in [1.807, 2.05) is 60.7 Å². The molecule has 39 heavy (non-hydrogen) atoms. The monoisotopic (exact) mass is 549 g/mol. The number of benzene rings is 3. The van der Waals surface area contributed by atoms with Crippen LogP contribution in [0.15, 0.2) is 77.9 Å². The van der Waals surface area contributed by atoms with Gasteiger partial charge in [-0.15, -0.1) is 0 Å². The van der Waals surface area contributed by atoms with Gasteiger partial charge >= 0.3 is 0 Å². The molecule has 2 atom stereocenters. The zero-order valence-electron chi connectivity index (χ0n) is 22.1. The maximum Gasteiger partial charge on any atom is 0.262 e. The number of halogens is 1. The van der Waals surface area contributed by atoms with Crippen molar-refractivity contribution < 1.29 is 18.9 Å². The number of nitrogens with zero attached hydrogens (tertiary/aromatic N) is 3. The average molecular weight is 550 g/mol. The van der Waals surface area contributed by atoms with Crippen LogP contribution in [-0.4, -0.2) is 48.3 Å². The summed E-state index contributed by atoms with van der Waals surface area (Å²) in [6, 6.07) is 20.6. The second kappa shape index (κ2) is 12.6. The summed E-state index contributed by atoms with van der Waals surface area (Å²) in [7, 11) is 3.10. The highest BCUT2D eigenvalue weighted by atomic mass is 35.5. The molecule has 1 saturated heterocycles. The van der Waals surface area contributed by atoms with E-state index in [9.17, 15) is 4.79 Å². The zero-order chi connectivity index (χ0) is 27.2. The summed E-state index contributed by atoms with van der Waals surface area (Å²) < 4.78 is 25.5. The molecule has 0 spiro atoms. The predicted octanol–water partition coefficient (Wildman–Crippen LogP) is 5.59. The van der Waals surface area contributed by atoms with Gasteiger partial charge in [-0.25, -0.2) is 4.98 Å². The van der Waals surface area contributed by atoms with Crippen LogP contribution in [0.3, 0.4) is 0 Å². The summed E-state index contributed by atoms with van der Waals surface area (Å²) in [5.41, 5.74) is 1.75. The van der Waals surface area contributed by atoms with E-state index in [1.165, 1.54) is 12.8 Å². The van der Waals surface area contributed by atoms with Crippen LogP contribution in [-0.2, 0) is 16.0 Å².